The number of benzene rings is 1. The number of carbonyl (C=O) groups is 1. The third kappa shape index (κ3) is 1.66. The van der Waals surface area contributed by atoms with Crippen molar-refractivity contribution in [2.45, 2.75) is 24.7 Å². The van der Waals surface area contributed by atoms with E-state index in [1.54, 1.807) is 0 Å². The smallest absolute Gasteiger partial charge is 0.314 e. The van der Waals surface area contributed by atoms with Crippen molar-refractivity contribution in [3.63, 3.8) is 0 Å². The Morgan fingerprint density at radius 3 is 2.18 bits per heavy atom. The van der Waals surface area contributed by atoms with Crippen LogP contribution >= 0.6 is 0 Å². The molecule has 17 heavy (non-hydrogen) atoms. The second-order valence-corrected chi connectivity index (χ2v) is 4.21. The largest absolute Gasteiger partial charge is 0.497 e. The van der Waals surface area contributed by atoms with Gasteiger partial charge in [-0.15, -0.1) is 0 Å². The summed E-state index contributed by atoms with van der Waals surface area (Å²) >= 11 is 0. The maximum absolute atomic E-state index is 13.8. The topological polar surface area (TPSA) is 46.5 Å². The van der Waals surface area contributed by atoms with Crippen molar-refractivity contribution in [3.8, 4) is 5.75 Å². The molecule has 92 valence electrons. The molecule has 0 spiro atoms. The first-order valence-electron chi connectivity index (χ1n) is 5.28. The highest BCUT2D eigenvalue weighted by molar-refractivity contribution is 5.82. The van der Waals surface area contributed by atoms with Gasteiger partial charge in [-0.3, -0.25) is 4.79 Å². The summed E-state index contributed by atoms with van der Waals surface area (Å²) in [5, 5.41) is 9.15. The van der Waals surface area contributed by atoms with Crippen molar-refractivity contribution in [3.05, 3.63) is 29.3 Å². The molecule has 1 saturated carbocycles. The van der Waals surface area contributed by atoms with Crippen molar-refractivity contribution in [2.75, 3.05) is 7.11 Å². The lowest BCUT2D eigenvalue weighted by Gasteiger charge is -2.38. The van der Waals surface area contributed by atoms with Crippen LogP contribution in [0.15, 0.2) is 12.1 Å². The van der Waals surface area contributed by atoms with Gasteiger partial charge in [0.1, 0.15) is 17.4 Å². The highest BCUT2D eigenvalue weighted by atomic mass is 19.1. The van der Waals surface area contributed by atoms with Crippen molar-refractivity contribution >= 4 is 5.97 Å². The summed E-state index contributed by atoms with van der Waals surface area (Å²) < 4.78 is 32.3. The van der Waals surface area contributed by atoms with Crippen LogP contribution in [-0.4, -0.2) is 18.2 Å². The number of carboxylic acids is 1. The highest BCUT2D eigenvalue weighted by Gasteiger charge is 2.49. The highest BCUT2D eigenvalue weighted by Crippen LogP contribution is 2.46. The van der Waals surface area contributed by atoms with Crippen LogP contribution in [0.25, 0.3) is 0 Å². The third-order valence-electron chi connectivity index (χ3n) is 3.35. The molecule has 1 aliphatic rings. The molecule has 0 bridgehead atoms. The van der Waals surface area contributed by atoms with Gasteiger partial charge in [0.25, 0.3) is 0 Å². The number of aliphatic carboxylic acids is 1. The van der Waals surface area contributed by atoms with Crippen molar-refractivity contribution in [1.82, 2.24) is 0 Å². The first kappa shape index (κ1) is 11.8. The summed E-state index contributed by atoms with van der Waals surface area (Å²) in [4.78, 5) is 11.2. The molecule has 0 saturated heterocycles. The lowest BCUT2D eigenvalue weighted by atomic mass is 9.64. The SMILES string of the molecule is COc1cc(F)c(C2(C(=O)O)CCC2)c(F)c1. The van der Waals surface area contributed by atoms with E-state index in [0.717, 1.165) is 12.1 Å². The van der Waals surface area contributed by atoms with Crippen molar-refractivity contribution in [1.29, 1.82) is 0 Å². The van der Waals surface area contributed by atoms with Crippen LogP contribution in [0.4, 0.5) is 8.78 Å². The molecular formula is C12H12F2O3. The number of hydrogen-bond donors (Lipinski definition) is 1. The zero-order valence-corrected chi connectivity index (χ0v) is 9.30. The molecule has 0 aromatic heterocycles. The normalized spacial score (nSPS) is 17.4. The fourth-order valence-electron chi connectivity index (χ4n) is 2.23. The number of ether oxygens (including phenoxy) is 1. The van der Waals surface area contributed by atoms with Crippen LogP contribution < -0.4 is 4.74 Å². The Hall–Kier alpha value is -1.65. The quantitative estimate of drug-likeness (QED) is 0.885. The monoisotopic (exact) mass is 242 g/mol. The third-order valence-corrected chi connectivity index (χ3v) is 3.35. The molecule has 0 aliphatic heterocycles. The molecule has 0 unspecified atom stereocenters. The molecule has 1 fully saturated rings. The van der Waals surface area contributed by atoms with E-state index >= 15 is 0 Å². The van der Waals surface area contributed by atoms with E-state index in [0.29, 0.717) is 6.42 Å². The molecular weight excluding hydrogens is 230 g/mol. The maximum Gasteiger partial charge on any atom is 0.314 e. The van der Waals surface area contributed by atoms with E-state index in [-0.39, 0.29) is 24.2 Å². The molecule has 1 N–H and O–H groups in total. The summed E-state index contributed by atoms with van der Waals surface area (Å²) in [6.45, 7) is 0. The predicted molar refractivity (Wildman–Crippen MR) is 56.1 cm³/mol. The average molecular weight is 242 g/mol. The Kier molecular flexibility index (Phi) is 2.77. The minimum atomic E-state index is -1.40. The van der Waals surface area contributed by atoms with Gasteiger partial charge in [-0.1, -0.05) is 6.42 Å². The van der Waals surface area contributed by atoms with E-state index in [2.05, 4.69) is 0 Å². The second kappa shape index (κ2) is 3.98. The summed E-state index contributed by atoms with van der Waals surface area (Å²) in [6.07, 6.45) is 1.20. The van der Waals surface area contributed by atoms with Gasteiger partial charge >= 0.3 is 5.97 Å². The minimum absolute atomic E-state index is 0.0450. The Balaban J connectivity index is 2.55. The van der Waals surface area contributed by atoms with Gasteiger partial charge in [-0.05, 0) is 12.8 Å². The first-order valence-corrected chi connectivity index (χ1v) is 5.28. The molecule has 2 rings (SSSR count). The molecule has 1 aromatic rings. The fourth-order valence-corrected chi connectivity index (χ4v) is 2.23. The fraction of sp³-hybridized carbons (Fsp3) is 0.417. The molecule has 5 heteroatoms. The molecule has 0 heterocycles. The van der Waals surface area contributed by atoms with Crippen molar-refractivity contribution < 1.29 is 23.4 Å². The Morgan fingerprint density at radius 2 is 1.88 bits per heavy atom. The van der Waals surface area contributed by atoms with E-state index in [9.17, 15) is 13.6 Å². The lowest BCUT2D eigenvalue weighted by Crippen LogP contribution is -2.43. The molecule has 1 aliphatic carbocycles. The number of methoxy groups -OCH3 is 1. The molecule has 1 aromatic carbocycles. The summed E-state index contributed by atoms with van der Waals surface area (Å²) in [6, 6.07) is 2.03. The van der Waals surface area contributed by atoms with Crippen LogP contribution in [0, 0.1) is 11.6 Å². The lowest BCUT2D eigenvalue weighted by molar-refractivity contribution is -0.147. The zero-order chi connectivity index (χ0) is 12.6. The van der Waals surface area contributed by atoms with Crippen LogP contribution in [-0.2, 0) is 10.2 Å². The maximum atomic E-state index is 13.8. The summed E-state index contributed by atoms with van der Waals surface area (Å²) in [7, 11) is 1.30. The Labute approximate surface area is 97.0 Å². The minimum Gasteiger partial charge on any atom is -0.497 e. The number of hydrogen-bond acceptors (Lipinski definition) is 2. The van der Waals surface area contributed by atoms with Gasteiger partial charge < -0.3 is 9.84 Å². The van der Waals surface area contributed by atoms with E-state index in [4.69, 9.17) is 9.84 Å². The number of halogens is 2. The molecule has 0 amide bonds. The van der Waals surface area contributed by atoms with Crippen molar-refractivity contribution in [2.24, 2.45) is 0 Å². The van der Waals surface area contributed by atoms with Gasteiger partial charge in [0.2, 0.25) is 0 Å². The molecule has 3 nitrogen and oxygen atoms in total. The first-order chi connectivity index (χ1) is 8.01. The van der Waals surface area contributed by atoms with Gasteiger partial charge in [-0.2, -0.15) is 0 Å². The standard InChI is InChI=1S/C12H12F2O3/c1-17-7-5-8(13)10(9(14)6-7)12(11(15)16)3-2-4-12/h5-6H,2-4H2,1H3,(H,15,16). The van der Waals surface area contributed by atoms with Crippen LogP contribution in [0.5, 0.6) is 5.75 Å². The number of carboxylic acid groups (broad SMARTS) is 1. The Morgan fingerprint density at radius 1 is 1.35 bits per heavy atom. The van der Waals surface area contributed by atoms with E-state index < -0.39 is 23.0 Å². The molecule has 0 atom stereocenters. The summed E-state index contributed by atoms with van der Waals surface area (Å²) in [5.41, 5.74) is -1.75. The zero-order valence-electron chi connectivity index (χ0n) is 9.30. The van der Waals surface area contributed by atoms with Crippen LogP contribution in [0.3, 0.4) is 0 Å². The van der Waals surface area contributed by atoms with Gasteiger partial charge in [0.05, 0.1) is 12.5 Å². The van der Waals surface area contributed by atoms with Gasteiger partial charge in [0.15, 0.2) is 0 Å². The van der Waals surface area contributed by atoms with Gasteiger partial charge in [-0.25, -0.2) is 8.78 Å². The van der Waals surface area contributed by atoms with E-state index in [1.807, 2.05) is 0 Å². The van der Waals surface area contributed by atoms with Crippen LogP contribution in [0.2, 0.25) is 0 Å². The summed E-state index contributed by atoms with van der Waals surface area (Å²) in [5.74, 6) is -2.84. The Bertz CT molecular complexity index is 444. The average Bonchev–Trinajstić information content (AvgIpc) is 2.19. The van der Waals surface area contributed by atoms with E-state index in [1.165, 1.54) is 7.11 Å². The second-order valence-electron chi connectivity index (χ2n) is 4.21. The number of rotatable bonds is 3. The van der Waals surface area contributed by atoms with Gasteiger partial charge in [0, 0.05) is 17.7 Å². The predicted octanol–water partition coefficient (Wildman–Crippen LogP) is 2.48. The molecule has 0 radical (unpaired) electrons. The van der Waals surface area contributed by atoms with Crippen LogP contribution in [0.1, 0.15) is 24.8 Å².